The minimum atomic E-state index is -1.07. The van der Waals surface area contributed by atoms with Crippen molar-refractivity contribution in [1.29, 1.82) is 0 Å². The highest BCUT2D eigenvalue weighted by Gasteiger charge is 2.75. The smallest absolute Gasteiger partial charge is 0.312 e. The molecule has 2 unspecified atom stereocenters. The number of unbranched alkanes of at least 4 members (excludes halogenated alkanes) is 1. The predicted molar refractivity (Wildman–Crippen MR) is 145 cm³/mol. The summed E-state index contributed by atoms with van der Waals surface area (Å²) >= 11 is 0. The molecule has 1 aromatic carbocycles. The van der Waals surface area contributed by atoms with Gasteiger partial charge in [0.25, 0.3) is 5.91 Å². The fraction of sp³-hybridized carbons (Fsp3) is 0.621. The molecule has 0 radical (unpaired) electrons. The SMILES string of the molecule is C=CCN(C(=O)C1N(CCCCO)C(=O)[C@@H]2[C@H](C(=O)OCC)[C@@H]3CCC12O3)c1ccc(N(CC)CC)cc1. The van der Waals surface area contributed by atoms with Gasteiger partial charge in [0, 0.05) is 44.2 Å². The zero-order valence-corrected chi connectivity index (χ0v) is 22.8. The number of hydrogen-bond donors (Lipinski definition) is 1. The molecule has 2 bridgehead atoms. The van der Waals surface area contributed by atoms with Gasteiger partial charge in [-0.05, 0) is 70.7 Å². The topological polar surface area (TPSA) is 99.6 Å². The molecule has 9 heteroatoms. The number of esters is 1. The van der Waals surface area contributed by atoms with Crippen LogP contribution in [0.4, 0.5) is 11.4 Å². The first-order chi connectivity index (χ1) is 18.4. The number of anilines is 2. The molecule has 1 aromatic rings. The van der Waals surface area contributed by atoms with Gasteiger partial charge in [0.1, 0.15) is 11.6 Å². The molecule has 3 aliphatic heterocycles. The highest BCUT2D eigenvalue weighted by molar-refractivity contribution is 6.04. The summed E-state index contributed by atoms with van der Waals surface area (Å²) in [7, 11) is 0. The number of likely N-dealkylation sites (tertiary alicyclic amines) is 1. The third kappa shape index (κ3) is 4.71. The Balaban J connectivity index is 1.71. The first-order valence-corrected chi connectivity index (χ1v) is 13.9. The number of benzene rings is 1. The molecular weight excluding hydrogens is 486 g/mol. The van der Waals surface area contributed by atoms with Crippen LogP contribution in [-0.2, 0) is 23.9 Å². The molecule has 1 spiro atoms. The minimum absolute atomic E-state index is 0.000710. The second-order valence-corrected chi connectivity index (χ2v) is 10.2. The van der Waals surface area contributed by atoms with Crippen molar-refractivity contribution in [3.05, 3.63) is 36.9 Å². The number of rotatable bonds is 13. The van der Waals surface area contributed by atoms with Crippen molar-refractivity contribution >= 4 is 29.2 Å². The monoisotopic (exact) mass is 527 g/mol. The lowest BCUT2D eigenvalue weighted by molar-refractivity contribution is -0.154. The Labute approximate surface area is 225 Å². The Kier molecular flexibility index (Phi) is 8.78. The highest BCUT2D eigenvalue weighted by atomic mass is 16.6. The van der Waals surface area contributed by atoms with E-state index in [1.807, 2.05) is 24.3 Å². The maximum Gasteiger partial charge on any atom is 0.312 e. The first kappa shape index (κ1) is 28.1. The van der Waals surface area contributed by atoms with E-state index in [9.17, 15) is 19.5 Å². The van der Waals surface area contributed by atoms with Gasteiger partial charge in [0.05, 0.1) is 24.5 Å². The zero-order valence-electron chi connectivity index (χ0n) is 22.8. The number of carbonyl (C=O) groups is 3. The summed E-state index contributed by atoms with van der Waals surface area (Å²) in [6, 6.07) is 6.97. The van der Waals surface area contributed by atoms with E-state index in [-0.39, 0.29) is 31.6 Å². The predicted octanol–water partition coefficient (Wildman–Crippen LogP) is 2.76. The van der Waals surface area contributed by atoms with Crippen LogP contribution in [0, 0.1) is 11.8 Å². The fourth-order valence-corrected chi connectivity index (χ4v) is 6.60. The lowest BCUT2D eigenvalue weighted by Gasteiger charge is -2.37. The van der Waals surface area contributed by atoms with E-state index in [4.69, 9.17) is 9.47 Å². The molecule has 1 N–H and O–H groups in total. The Morgan fingerprint density at radius 1 is 1.18 bits per heavy atom. The Hall–Kier alpha value is -2.91. The normalized spacial score (nSPS) is 27.4. The molecule has 0 aliphatic carbocycles. The van der Waals surface area contributed by atoms with Gasteiger partial charge in [-0.3, -0.25) is 14.4 Å². The Morgan fingerprint density at radius 2 is 1.87 bits per heavy atom. The number of hydrogen-bond acceptors (Lipinski definition) is 7. The summed E-state index contributed by atoms with van der Waals surface area (Å²) in [5.74, 6) is -2.38. The van der Waals surface area contributed by atoms with Gasteiger partial charge in [0.15, 0.2) is 0 Å². The number of ether oxygens (including phenoxy) is 2. The van der Waals surface area contributed by atoms with Crippen molar-refractivity contribution in [2.24, 2.45) is 11.8 Å². The van der Waals surface area contributed by atoms with Crippen LogP contribution in [0.25, 0.3) is 0 Å². The van der Waals surface area contributed by atoms with Gasteiger partial charge in [-0.15, -0.1) is 6.58 Å². The molecule has 3 saturated heterocycles. The van der Waals surface area contributed by atoms with Crippen LogP contribution >= 0.6 is 0 Å². The number of fused-ring (bicyclic) bond motifs is 1. The van der Waals surface area contributed by atoms with E-state index in [0.29, 0.717) is 37.9 Å². The third-order valence-electron chi connectivity index (χ3n) is 8.27. The Morgan fingerprint density at radius 3 is 2.47 bits per heavy atom. The minimum Gasteiger partial charge on any atom is -0.466 e. The van der Waals surface area contributed by atoms with Gasteiger partial charge >= 0.3 is 5.97 Å². The van der Waals surface area contributed by atoms with E-state index >= 15 is 0 Å². The summed E-state index contributed by atoms with van der Waals surface area (Å²) < 4.78 is 11.8. The van der Waals surface area contributed by atoms with Crippen molar-refractivity contribution < 1.29 is 29.0 Å². The van der Waals surface area contributed by atoms with E-state index in [0.717, 1.165) is 18.8 Å². The van der Waals surface area contributed by atoms with Crippen LogP contribution in [0.3, 0.4) is 0 Å². The lowest BCUT2D eigenvalue weighted by atomic mass is 9.70. The van der Waals surface area contributed by atoms with E-state index in [1.54, 1.807) is 22.8 Å². The lowest BCUT2D eigenvalue weighted by Crippen LogP contribution is -2.56. The zero-order chi connectivity index (χ0) is 27.4. The molecule has 9 nitrogen and oxygen atoms in total. The van der Waals surface area contributed by atoms with Crippen LogP contribution < -0.4 is 9.80 Å². The summed E-state index contributed by atoms with van der Waals surface area (Å²) in [6.45, 7) is 12.4. The van der Waals surface area contributed by atoms with Gasteiger partial charge < -0.3 is 29.3 Å². The van der Waals surface area contributed by atoms with E-state index in [2.05, 4.69) is 25.3 Å². The van der Waals surface area contributed by atoms with E-state index in [1.165, 1.54) is 0 Å². The van der Waals surface area contributed by atoms with Gasteiger partial charge in [0.2, 0.25) is 5.91 Å². The maximum absolute atomic E-state index is 14.4. The average molecular weight is 528 g/mol. The van der Waals surface area contributed by atoms with Gasteiger partial charge in [-0.2, -0.15) is 0 Å². The van der Waals surface area contributed by atoms with Crippen LogP contribution in [0.2, 0.25) is 0 Å². The molecule has 4 rings (SSSR count). The molecule has 2 amide bonds. The standard InChI is InChI=1S/C29H41N3O6/c1-5-17-31(21-13-11-20(12-14-21)30(6-2)7-3)27(35)25-29-16-15-22(38-29)23(28(36)37-8-4)24(29)26(34)32(25)18-9-10-19-33/h5,11-14,22-25,33H,1,6-10,15-19H2,2-4H3/t22-,23+,24-,25?,29?/m0/s1. The molecule has 5 atom stereocenters. The van der Waals surface area contributed by atoms with Gasteiger partial charge in [-0.1, -0.05) is 6.08 Å². The average Bonchev–Trinajstić information content (AvgIpc) is 3.56. The molecule has 0 saturated carbocycles. The van der Waals surface area contributed by atoms with E-state index < -0.39 is 35.6 Å². The molecule has 3 aliphatic rings. The molecule has 208 valence electrons. The van der Waals surface area contributed by atoms with Crippen LogP contribution in [0.5, 0.6) is 0 Å². The van der Waals surface area contributed by atoms with Crippen molar-refractivity contribution in [2.75, 3.05) is 49.2 Å². The molecule has 38 heavy (non-hydrogen) atoms. The van der Waals surface area contributed by atoms with Crippen LogP contribution in [-0.4, -0.2) is 84.9 Å². The Bertz CT molecular complexity index is 1030. The summed E-state index contributed by atoms with van der Waals surface area (Å²) in [5.41, 5.74) is 0.707. The van der Waals surface area contributed by atoms with Crippen molar-refractivity contribution in [3.63, 3.8) is 0 Å². The number of nitrogens with zero attached hydrogens (tertiary/aromatic N) is 3. The van der Waals surface area contributed by atoms with Crippen molar-refractivity contribution in [2.45, 2.75) is 64.2 Å². The second kappa shape index (κ2) is 11.9. The maximum atomic E-state index is 14.4. The van der Waals surface area contributed by atoms with Crippen molar-refractivity contribution in [3.8, 4) is 0 Å². The van der Waals surface area contributed by atoms with Gasteiger partial charge in [-0.25, -0.2) is 0 Å². The summed E-state index contributed by atoms with van der Waals surface area (Å²) in [6.07, 6.45) is 3.42. The fourth-order valence-electron chi connectivity index (χ4n) is 6.60. The number of aliphatic hydroxyl groups is 1. The highest BCUT2D eigenvalue weighted by Crippen LogP contribution is 2.59. The molecule has 3 fully saturated rings. The van der Waals surface area contributed by atoms with Crippen molar-refractivity contribution in [1.82, 2.24) is 4.90 Å². The number of amides is 2. The molecule has 0 aromatic heterocycles. The van der Waals surface area contributed by atoms with Crippen LogP contribution in [0.1, 0.15) is 46.5 Å². The number of aliphatic hydroxyl groups excluding tert-OH is 1. The first-order valence-electron chi connectivity index (χ1n) is 13.9. The summed E-state index contributed by atoms with van der Waals surface area (Å²) in [5, 5.41) is 9.34. The summed E-state index contributed by atoms with van der Waals surface area (Å²) in [4.78, 5) is 46.7. The second-order valence-electron chi connectivity index (χ2n) is 10.2. The third-order valence-corrected chi connectivity index (χ3v) is 8.27. The quantitative estimate of drug-likeness (QED) is 0.239. The molecular formula is C29H41N3O6. The largest absolute Gasteiger partial charge is 0.466 e. The molecule has 3 heterocycles. The van der Waals surface area contributed by atoms with Crippen LogP contribution in [0.15, 0.2) is 36.9 Å². The number of carbonyl (C=O) groups excluding carboxylic acids is 3.